The maximum absolute atomic E-state index is 12.0. The first-order chi connectivity index (χ1) is 11.1. The van der Waals surface area contributed by atoms with Gasteiger partial charge in [0.25, 0.3) is 5.91 Å². The normalized spacial score (nSPS) is 14.3. The maximum atomic E-state index is 12.0. The first-order valence-corrected chi connectivity index (χ1v) is 8.14. The summed E-state index contributed by atoms with van der Waals surface area (Å²) >= 11 is 0. The quantitative estimate of drug-likeness (QED) is 0.341. The monoisotopic (exact) mass is 323 g/mol. The second kappa shape index (κ2) is 10.7. The van der Waals surface area contributed by atoms with Gasteiger partial charge in [-0.25, -0.2) is 0 Å². The van der Waals surface area contributed by atoms with E-state index in [0.29, 0.717) is 6.61 Å². The van der Waals surface area contributed by atoms with Gasteiger partial charge in [0.1, 0.15) is 5.57 Å². The number of hydrogen-bond donors (Lipinski definition) is 2. The van der Waals surface area contributed by atoms with Crippen LogP contribution >= 0.6 is 0 Å². The molecule has 0 heterocycles. The van der Waals surface area contributed by atoms with Crippen LogP contribution in [0.25, 0.3) is 0 Å². The SMILES string of the molecule is CCCCCCCCOC1=C(C(=O)NCCO)C(=O)C=CC1=O. The summed E-state index contributed by atoms with van der Waals surface area (Å²) in [5.41, 5.74) is -0.281. The highest BCUT2D eigenvalue weighted by atomic mass is 16.5. The van der Waals surface area contributed by atoms with Crippen LogP contribution in [0.3, 0.4) is 0 Å². The molecule has 2 N–H and O–H groups in total. The number of ketones is 2. The predicted molar refractivity (Wildman–Crippen MR) is 85.6 cm³/mol. The highest BCUT2D eigenvalue weighted by Crippen LogP contribution is 2.17. The van der Waals surface area contributed by atoms with Gasteiger partial charge in [0.15, 0.2) is 11.5 Å². The van der Waals surface area contributed by atoms with Crippen molar-refractivity contribution in [1.29, 1.82) is 0 Å². The third-order valence-electron chi connectivity index (χ3n) is 3.45. The van der Waals surface area contributed by atoms with E-state index < -0.39 is 17.5 Å². The lowest BCUT2D eigenvalue weighted by molar-refractivity contribution is -0.124. The number of ether oxygens (including phenoxy) is 1. The third kappa shape index (κ3) is 6.36. The summed E-state index contributed by atoms with van der Waals surface area (Å²) in [6.07, 6.45) is 8.59. The fourth-order valence-corrected chi connectivity index (χ4v) is 2.22. The van der Waals surface area contributed by atoms with E-state index in [0.717, 1.165) is 31.4 Å². The van der Waals surface area contributed by atoms with Crippen molar-refractivity contribution in [1.82, 2.24) is 5.32 Å². The molecule has 0 saturated heterocycles. The topological polar surface area (TPSA) is 92.7 Å². The van der Waals surface area contributed by atoms with Gasteiger partial charge in [0.05, 0.1) is 13.2 Å². The van der Waals surface area contributed by atoms with Crippen molar-refractivity contribution >= 4 is 17.5 Å². The van der Waals surface area contributed by atoms with E-state index in [2.05, 4.69) is 12.2 Å². The lowest BCUT2D eigenvalue weighted by Crippen LogP contribution is -2.33. The molecule has 6 heteroatoms. The summed E-state index contributed by atoms with van der Waals surface area (Å²) < 4.78 is 5.42. The Labute approximate surface area is 136 Å². The molecule has 0 saturated carbocycles. The third-order valence-corrected chi connectivity index (χ3v) is 3.45. The van der Waals surface area contributed by atoms with Crippen molar-refractivity contribution < 1.29 is 24.2 Å². The summed E-state index contributed by atoms with van der Waals surface area (Å²) in [5, 5.41) is 11.1. The number of allylic oxidation sites excluding steroid dienone is 2. The number of unbranched alkanes of at least 4 members (excludes halogenated alkanes) is 5. The summed E-state index contributed by atoms with van der Waals surface area (Å²) in [4.78, 5) is 35.7. The molecule has 0 spiro atoms. The first kappa shape index (κ1) is 19.1. The minimum absolute atomic E-state index is 0.0121. The molecule has 1 rings (SSSR count). The van der Waals surface area contributed by atoms with E-state index in [9.17, 15) is 14.4 Å². The van der Waals surface area contributed by atoms with E-state index in [1.165, 1.54) is 19.3 Å². The molecule has 1 amide bonds. The standard InChI is InChI=1S/C17H25NO5/c1-2-3-4-5-6-7-12-23-16-14(21)9-8-13(20)15(16)17(22)18-10-11-19/h8-9,19H,2-7,10-12H2,1H3,(H,18,22). The van der Waals surface area contributed by atoms with Gasteiger partial charge in [-0.05, 0) is 18.6 Å². The second-order valence-corrected chi connectivity index (χ2v) is 5.36. The van der Waals surface area contributed by atoms with E-state index in [1.807, 2.05) is 0 Å². The van der Waals surface area contributed by atoms with Gasteiger partial charge in [0.2, 0.25) is 5.78 Å². The van der Waals surface area contributed by atoms with Crippen molar-refractivity contribution in [2.24, 2.45) is 0 Å². The summed E-state index contributed by atoms with van der Waals surface area (Å²) in [6.45, 7) is 2.21. The Morgan fingerprint density at radius 2 is 1.74 bits per heavy atom. The Morgan fingerprint density at radius 1 is 1.09 bits per heavy atom. The number of carbonyl (C=O) groups is 3. The molecule has 1 aliphatic rings. The molecule has 1 aliphatic carbocycles. The fourth-order valence-electron chi connectivity index (χ4n) is 2.22. The van der Waals surface area contributed by atoms with Crippen LogP contribution in [0, 0.1) is 0 Å². The number of amides is 1. The largest absolute Gasteiger partial charge is 0.489 e. The van der Waals surface area contributed by atoms with Crippen molar-refractivity contribution in [3.05, 3.63) is 23.5 Å². The zero-order chi connectivity index (χ0) is 17.1. The van der Waals surface area contributed by atoms with Gasteiger partial charge < -0.3 is 15.2 Å². The van der Waals surface area contributed by atoms with Crippen molar-refractivity contribution in [2.75, 3.05) is 19.8 Å². The molecule has 0 aromatic rings. The molecule has 0 aromatic heterocycles. The predicted octanol–water partition coefficient (Wildman–Crippen LogP) is 1.43. The van der Waals surface area contributed by atoms with Gasteiger partial charge in [-0.1, -0.05) is 39.0 Å². The van der Waals surface area contributed by atoms with Crippen molar-refractivity contribution in [2.45, 2.75) is 45.4 Å². The minimum Gasteiger partial charge on any atom is -0.489 e. The molecule has 0 aromatic carbocycles. The molecular weight excluding hydrogens is 298 g/mol. The van der Waals surface area contributed by atoms with Crippen LogP contribution in [0.1, 0.15) is 45.4 Å². The van der Waals surface area contributed by atoms with Crippen LogP contribution in [0.2, 0.25) is 0 Å². The summed E-state index contributed by atoms with van der Waals surface area (Å²) in [5.74, 6) is -1.93. The molecule has 0 unspecified atom stereocenters. The molecule has 128 valence electrons. The summed E-state index contributed by atoms with van der Waals surface area (Å²) in [7, 11) is 0. The van der Waals surface area contributed by atoms with Crippen LogP contribution < -0.4 is 5.32 Å². The molecule has 0 bridgehead atoms. The number of nitrogens with one attached hydrogen (secondary N) is 1. The van der Waals surface area contributed by atoms with E-state index >= 15 is 0 Å². The number of carbonyl (C=O) groups excluding carboxylic acids is 3. The number of aliphatic hydroxyl groups excluding tert-OH is 1. The van der Waals surface area contributed by atoms with Crippen molar-refractivity contribution in [3.8, 4) is 0 Å². The zero-order valence-electron chi connectivity index (χ0n) is 13.6. The summed E-state index contributed by atoms with van der Waals surface area (Å²) in [6, 6.07) is 0. The molecule has 0 fully saturated rings. The maximum Gasteiger partial charge on any atom is 0.259 e. The van der Waals surface area contributed by atoms with Crippen LogP contribution in [0.5, 0.6) is 0 Å². The highest BCUT2D eigenvalue weighted by molar-refractivity contribution is 6.31. The van der Waals surface area contributed by atoms with Gasteiger partial charge in [-0.2, -0.15) is 0 Å². The first-order valence-electron chi connectivity index (χ1n) is 8.14. The van der Waals surface area contributed by atoms with Crippen LogP contribution in [-0.2, 0) is 19.1 Å². The van der Waals surface area contributed by atoms with Crippen LogP contribution in [0.15, 0.2) is 23.5 Å². The van der Waals surface area contributed by atoms with Gasteiger partial charge in [-0.15, -0.1) is 0 Å². The smallest absolute Gasteiger partial charge is 0.259 e. The molecule has 6 nitrogen and oxygen atoms in total. The Bertz CT molecular complexity index is 493. The number of hydrogen-bond acceptors (Lipinski definition) is 5. The molecule has 0 aliphatic heterocycles. The molecular formula is C17H25NO5. The highest BCUT2D eigenvalue weighted by Gasteiger charge is 2.29. The van der Waals surface area contributed by atoms with E-state index in [1.54, 1.807) is 0 Å². The van der Waals surface area contributed by atoms with Crippen molar-refractivity contribution in [3.63, 3.8) is 0 Å². The zero-order valence-corrected chi connectivity index (χ0v) is 13.6. The number of aliphatic hydroxyl groups is 1. The van der Waals surface area contributed by atoms with E-state index in [4.69, 9.17) is 9.84 Å². The average molecular weight is 323 g/mol. The van der Waals surface area contributed by atoms with Crippen LogP contribution in [-0.4, -0.2) is 42.3 Å². The molecule has 0 atom stereocenters. The van der Waals surface area contributed by atoms with E-state index in [-0.39, 0.29) is 24.5 Å². The molecule has 23 heavy (non-hydrogen) atoms. The van der Waals surface area contributed by atoms with Crippen LogP contribution in [0.4, 0.5) is 0 Å². The molecule has 0 radical (unpaired) electrons. The lowest BCUT2D eigenvalue weighted by Gasteiger charge is -2.15. The second-order valence-electron chi connectivity index (χ2n) is 5.36. The Hall–Kier alpha value is -1.95. The Balaban J connectivity index is 2.59. The fraction of sp³-hybridized carbons (Fsp3) is 0.588. The van der Waals surface area contributed by atoms with Gasteiger partial charge in [0, 0.05) is 6.54 Å². The van der Waals surface area contributed by atoms with Gasteiger partial charge in [-0.3, -0.25) is 14.4 Å². The Morgan fingerprint density at radius 3 is 2.43 bits per heavy atom. The van der Waals surface area contributed by atoms with Gasteiger partial charge >= 0.3 is 0 Å². The number of rotatable bonds is 11. The lowest BCUT2D eigenvalue weighted by atomic mass is 10.0. The average Bonchev–Trinajstić information content (AvgIpc) is 2.54. The Kier molecular flexibility index (Phi) is 8.90. The minimum atomic E-state index is -0.695.